The maximum atomic E-state index is 12.5. The Bertz CT molecular complexity index is 781. The molecule has 6 heteroatoms. The predicted octanol–water partition coefficient (Wildman–Crippen LogP) is 2.88. The molecule has 0 spiro atoms. The van der Waals surface area contributed by atoms with Gasteiger partial charge in [0.05, 0.1) is 6.26 Å². The summed E-state index contributed by atoms with van der Waals surface area (Å²) in [6, 6.07) is 11.5. The SMILES string of the molecule is CC(=NNC(=O)CCC(=O)N1CCCc2ccccc21)c1ccco1. The fraction of sp³-hybridized carbons (Fsp3) is 0.316. The molecule has 0 saturated heterocycles. The average molecular weight is 339 g/mol. The van der Waals surface area contributed by atoms with Crippen molar-refractivity contribution in [3.63, 3.8) is 0 Å². The van der Waals surface area contributed by atoms with Crippen LogP contribution in [0.3, 0.4) is 0 Å². The van der Waals surface area contributed by atoms with Crippen LogP contribution < -0.4 is 10.3 Å². The Kier molecular flexibility index (Phi) is 5.28. The van der Waals surface area contributed by atoms with Gasteiger partial charge in [-0.15, -0.1) is 0 Å². The minimum atomic E-state index is -0.287. The third-order valence-electron chi connectivity index (χ3n) is 4.20. The lowest BCUT2D eigenvalue weighted by molar-refractivity contribution is -0.125. The molecule has 0 bridgehead atoms. The van der Waals surface area contributed by atoms with E-state index in [-0.39, 0.29) is 24.7 Å². The summed E-state index contributed by atoms with van der Waals surface area (Å²) in [5.74, 6) is 0.278. The molecule has 6 nitrogen and oxygen atoms in total. The van der Waals surface area contributed by atoms with Crippen molar-refractivity contribution in [2.75, 3.05) is 11.4 Å². The van der Waals surface area contributed by atoms with E-state index in [1.165, 1.54) is 5.56 Å². The van der Waals surface area contributed by atoms with Crippen molar-refractivity contribution in [2.24, 2.45) is 5.10 Å². The van der Waals surface area contributed by atoms with Gasteiger partial charge in [-0.1, -0.05) is 18.2 Å². The van der Waals surface area contributed by atoms with E-state index in [9.17, 15) is 9.59 Å². The third-order valence-corrected chi connectivity index (χ3v) is 4.20. The van der Waals surface area contributed by atoms with Gasteiger partial charge in [0, 0.05) is 25.1 Å². The zero-order valence-corrected chi connectivity index (χ0v) is 14.2. The van der Waals surface area contributed by atoms with E-state index in [0.717, 1.165) is 18.5 Å². The molecule has 1 aromatic carbocycles. The summed E-state index contributed by atoms with van der Waals surface area (Å²) >= 11 is 0. The summed E-state index contributed by atoms with van der Waals surface area (Å²) in [5, 5.41) is 3.99. The minimum Gasteiger partial charge on any atom is -0.463 e. The highest BCUT2D eigenvalue weighted by Gasteiger charge is 2.22. The molecule has 0 unspecified atom stereocenters. The molecule has 1 aliphatic rings. The van der Waals surface area contributed by atoms with Crippen molar-refractivity contribution >= 4 is 23.2 Å². The number of benzene rings is 1. The number of amides is 2. The number of hydrogen-bond acceptors (Lipinski definition) is 4. The van der Waals surface area contributed by atoms with Gasteiger partial charge < -0.3 is 9.32 Å². The molecular weight excluding hydrogens is 318 g/mol. The monoisotopic (exact) mass is 339 g/mol. The summed E-state index contributed by atoms with van der Waals surface area (Å²) in [5.41, 5.74) is 5.19. The lowest BCUT2D eigenvalue weighted by Gasteiger charge is -2.29. The molecule has 0 radical (unpaired) electrons. The molecule has 3 rings (SSSR count). The zero-order chi connectivity index (χ0) is 17.6. The highest BCUT2D eigenvalue weighted by molar-refractivity contribution is 5.98. The van der Waals surface area contributed by atoms with E-state index in [4.69, 9.17) is 4.42 Å². The number of nitrogens with one attached hydrogen (secondary N) is 1. The molecule has 1 aliphatic heterocycles. The Morgan fingerprint density at radius 2 is 2.04 bits per heavy atom. The van der Waals surface area contributed by atoms with Crippen LogP contribution in [0, 0.1) is 0 Å². The van der Waals surface area contributed by atoms with Gasteiger partial charge in [0.15, 0.2) is 0 Å². The summed E-state index contributed by atoms with van der Waals surface area (Å²) in [6.45, 7) is 2.45. The first-order valence-electron chi connectivity index (χ1n) is 8.40. The first-order chi connectivity index (χ1) is 12.1. The predicted molar refractivity (Wildman–Crippen MR) is 95.4 cm³/mol. The van der Waals surface area contributed by atoms with Crippen LogP contribution in [0.25, 0.3) is 0 Å². The number of carbonyl (C=O) groups excluding carboxylic acids is 2. The summed E-state index contributed by atoms with van der Waals surface area (Å²) < 4.78 is 5.20. The number of aryl methyl sites for hydroxylation is 1. The fourth-order valence-electron chi connectivity index (χ4n) is 2.89. The molecule has 1 N–H and O–H groups in total. The van der Waals surface area contributed by atoms with Gasteiger partial charge in [0.2, 0.25) is 11.8 Å². The van der Waals surface area contributed by atoms with Gasteiger partial charge in [0.1, 0.15) is 11.5 Å². The number of rotatable bonds is 5. The van der Waals surface area contributed by atoms with Crippen molar-refractivity contribution < 1.29 is 14.0 Å². The second kappa shape index (κ2) is 7.79. The zero-order valence-electron chi connectivity index (χ0n) is 14.2. The largest absolute Gasteiger partial charge is 0.463 e. The van der Waals surface area contributed by atoms with E-state index in [2.05, 4.69) is 10.5 Å². The van der Waals surface area contributed by atoms with Crippen molar-refractivity contribution in [2.45, 2.75) is 32.6 Å². The van der Waals surface area contributed by atoms with Crippen LogP contribution in [-0.4, -0.2) is 24.1 Å². The van der Waals surface area contributed by atoms with Crippen LogP contribution in [0.5, 0.6) is 0 Å². The van der Waals surface area contributed by atoms with Gasteiger partial charge >= 0.3 is 0 Å². The quantitative estimate of drug-likeness (QED) is 0.672. The van der Waals surface area contributed by atoms with E-state index in [1.807, 2.05) is 24.3 Å². The topological polar surface area (TPSA) is 74.9 Å². The molecule has 2 heterocycles. The maximum absolute atomic E-state index is 12.5. The molecule has 2 amide bonds. The van der Waals surface area contributed by atoms with Gasteiger partial charge in [-0.25, -0.2) is 5.43 Å². The van der Waals surface area contributed by atoms with Gasteiger partial charge in [-0.05, 0) is 43.5 Å². The minimum absolute atomic E-state index is 0.0333. The number of carbonyl (C=O) groups is 2. The van der Waals surface area contributed by atoms with Gasteiger partial charge in [-0.2, -0.15) is 5.10 Å². The normalized spacial score (nSPS) is 14.1. The number of furan rings is 1. The van der Waals surface area contributed by atoms with Gasteiger partial charge in [0.25, 0.3) is 0 Å². The Labute approximate surface area is 146 Å². The molecule has 0 saturated carbocycles. The second-order valence-electron chi connectivity index (χ2n) is 5.99. The number of anilines is 1. The van der Waals surface area contributed by atoms with E-state index in [1.54, 1.807) is 30.2 Å². The molecule has 130 valence electrons. The van der Waals surface area contributed by atoms with E-state index in [0.29, 0.717) is 18.0 Å². The third kappa shape index (κ3) is 4.15. The Balaban J connectivity index is 1.53. The second-order valence-corrected chi connectivity index (χ2v) is 5.99. The molecule has 0 atom stereocenters. The lowest BCUT2D eigenvalue weighted by atomic mass is 10.0. The fourth-order valence-corrected chi connectivity index (χ4v) is 2.89. The van der Waals surface area contributed by atoms with Crippen molar-refractivity contribution in [3.8, 4) is 0 Å². The maximum Gasteiger partial charge on any atom is 0.240 e. The summed E-state index contributed by atoms with van der Waals surface area (Å²) in [4.78, 5) is 26.2. The van der Waals surface area contributed by atoms with Crippen LogP contribution in [-0.2, 0) is 16.0 Å². The highest BCUT2D eigenvalue weighted by Crippen LogP contribution is 2.27. The Morgan fingerprint density at radius 1 is 1.20 bits per heavy atom. The lowest BCUT2D eigenvalue weighted by Crippen LogP contribution is -2.36. The first-order valence-corrected chi connectivity index (χ1v) is 8.40. The number of hydrazone groups is 1. The Hall–Kier alpha value is -2.89. The number of nitrogens with zero attached hydrogens (tertiary/aromatic N) is 2. The number of fused-ring (bicyclic) bond motifs is 1. The molecule has 1 aromatic heterocycles. The Morgan fingerprint density at radius 3 is 2.84 bits per heavy atom. The number of hydrogen-bond donors (Lipinski definition) is 1. The van der Waals surface area contributed by atoms with Gasteiger partial charge in [-0.3, -0.25) is 9.59 Å². The van der Waals surface area contributed by atoms with E-state index >= 15 is 0 Å². The molecule has 2 aromatic rings. The van der Waals surface area contributed by atoms with Crippen molar-refractivity contribution in [1.82, 2.24) is 5.43 Å². The number of para-hydroxylation sites is 1. The van der Waals surface area contributed by atoms with Crippen molar-refractivity contribution in [1.29, 1.82) is 0 Å². The van der Waals surface area contributed by atoms with Crippen LogP contribution >= 0.6 is 0 Å². The molecule has 25 heavy (non-hydrogen) atoms. The summed E-state index contributed by atoms with van der Waals surface area (Å²) in [6.07, 6.45) is 3.75. The summed E-state index contributed by atoms with van der Waals surface area (Å²) in [7, 11) is 0. The highest BCUT2D eigenvalue weighted by atomic mass is 16.3. The smallest absolute Gasteiger partial charge is 0.240 e. The van der Waals surface area contributed by atoms with Crippen LogP contribution in [0.15, 0.2) is 52.2 Å². The first kappa shape index (κ1) is 17.0. The standard InChI is InChI=1S/C19H21N3O3/c1-14(17-9-5-13-25-17)20-21-18(23)10-11-19(24)22-12-4-7-15-6-2-3-8-16(15)22/h2-3,5-6,8-9,13H,4,7,10-12H2,1H3,(H,21,23). The van der Waals surface area contributed by atoms with Crippen LogP contribution in [0.1, 0.15) is 37.5 Å². The average Bonchev–Trinajstić information content (AvgIpc) is 3.18. The van der Waals surface area contributed by atoms with Crippen LogP contribution in [0.4, 0.5) is 5.69 Å². The molecule has 0 aliphatic carbocycles. The molecular formula is C19H21N3O3. The van der Waals surface area contributed by atoms with E-state index < -0.39 is 0 Å². The molecule has 0 fully saturated rings. The van der Waals surface area contributed by atoms with Crippen LogP contribution in [0.2, 0.25) is 0 Å². The van der Waals surface area contributed by atoms with Crippen molar-refractivity contribution in [3.05, 3.63) is 54.0 Å².